The van der Waals surface area contributed by atoms with E-state index in [-0.39, 0.29) is 34.8 Å². The predicted octanol–water partition coefficient (Wildman–Crippen LogP) is 5.66. The van der Waals surface area contributed by atoms with Crippen LogP contribution < -0.4 is 42.6 Å². The van der Waals surface area contributed by atoms with E-state index in [1.807, 2.05) is 0 Å². The van der Waals surface area contributed by atoms with Crippen molar-refractivity contribution in [3.05, 3.63) is 88.5 Å². The summed E-state index contributed by atoms with van der Waals surface area (Å²) in [6.45, 7) is 2.55. The molecule has 0 amide bonds. The highest BCUT2D eigenvalue weighted by Crippen LogP contribution is 2.58. The predicted molar refractivity (Wildman–Crippen MR) is 196 cm³/mol. The van der Waals surface area contributed by atoms with Crippen molar-refractivity contribution >= 4 is 11.9 Å². The Labute approximate surface area is 318 Å². The third-order valence-corrected chi connectivity index (χ3v) is 9.74. The maximum atomic E-state index is 13.7. The lowest BCUT2D eigenvalue weighted by atomic mass is 9.73. The van der Waals surface area contributed by atoms with Crippen LogP contribution in [0.4, 0.5) is 0 Å². The number of hydrogen-bond acceptors (Lipinski definition) is 14. The first-order chi connectivity index (χ1) is 26.4. The molecule has 4 aromatic carbocycles. The SMILES string of the molecule is COc1ccc2c(c1)O[C@H](c1ccc(OC)c(OC)c1)[C@@H](OC(C)=O)[C@]2(O)c1c(OC)cc(OC)c2c1O[C@H](c1ccc(OC)c(OC)c1)[C@@H](OC(C)=O)C2. The van der Waals surface area contributed by atoms with Crippen molar-refractivity contribution < 1.29 is 66.8 Å². The summed E-state index contributed by atoms with van der Waals surface area (Å²) in [7, 11) is 10.5. The summed E-state index contributed by atoms with van der Waals surface area (Å²) >= 11 is 0. The summed E-state index contributed by atoms with van der Waals surface area (Å²) < 4.78 is 65.1. The zero-order valence-corrected chi connectivity index (χ0v) is 32.0. The average Bonchev–Trinajstić information content (AvgIpc) is 3.19. The Bertz CT molecular complexity index is 2080. The van der Waals surface area contributed by atoms with Crippen molar-refractivity contribution in [2.75, 3.05) is 49.8 Å². The van der Waals surface area contributed by atoms with Gasteiger partial charge >= 0.3 is 11.9 Å². The molecule has 5 atom stereocenters. The van der Waals surface area contributed by atoms with Crippen molar-refractivity contribution in [2.45, 2.75) is 50.3 Å². The van der Waals surface area contributed by atoms with Gasteiger partial charge in [0, 0.05) is 54.7 Å². The lowest BCUT2D eigenvalue weighted by molar-refractivity contribution is -0.178. The highest BCUT2D eigenvalue weighted by Gasteiger charge is 2.57. The van der Waals surface area contributed by atoms with E-state index in [0.717, 1.165) is 0 Å². The smallest absolute Gasteiger partial charge is 0.303 e. The minimum absolute atomic E-state index is 0.0908. The largest absolute Gasteiger partial charge is 0.497 e. The zero-order chi connectivity index (χ0) is 39.6. The molecule has 0 aliphatic carbocycles. The number of esters is 2. The number of aliphatic hydroxyl groups is 1. The monoisotopic (exact) mass is 760 g/mol. The molecule has 0 saturated heterocycles. The van der Waals surface area contributed by atoms with Gasteiger partial charge in [-0.15, -0.1) is 0 Å². The second-order valence-corrected chi connectivity index (χ2v) is 12.8. The van der Waals surface area contributed by atoms with E-state index in [1.165, 1.54) is 63.6 Å². The highest BCUT2D eigenvalue weighted by atomic mass is 16.6. The van der Waals surface area contributed by atoms with Gasteiger partial charge in [0.2, 0.25) is 0 Å². The second-order valence-electron chi connectivity index (χ2n) is 12.8. The summed E-state index contributed by atoms with van der Waals surface area (Å²) in [6, 6.07) is 16.8. The van der Waals surface area contributed by atoms with E-state index in [1.54, 1.807) is 60.7 Å². The van der Waals surface area contributed by atoms with E-state index in [9.17, 15) is 14.7 Å². The van der Waals surface area contributed by atoms with Gasteiger partial charge in [0.25, 0.3) is 0 Å². The standard InChI is InChI=1S/C41H44O14/c1-21(42)52-35-19-26-30(48-6)20-34(51-9)36(39(26)55-37(35)23-10-14-28(46-4)32(16-23)49-7)41(44)27-13-12-25(45-3)18-31(27)54-38(40(41)53-22(2)43)24-11-15-29(47-5)33(17-24)50-8/h10-18,20,35,37-38,40,44H,19H2,1-9H3/t35-,37+,38+,40+,41+/m0/s1. The molecular formula is C41H44O14. The van der Waals surface area contributed by atoms with Crippen LogP contribution in [-0.2, 0) is 31.1 Å². The van der Waals surface area contributed by atoms with Gasteiger partial charge in [0.15, 0.2) is 46.9 Å². The first kappa shape index (κ1) is 38.7. The molecule has 0 aromatic heterocycles. The number of benzene rings is 4. The molecule has 1 N–H and O–H groups in total. The summed E-state index contributed by atoms with van der Waals surface area (Å²) in [5, 5.41) is 13.7. The Kier molecular flexibility index (Phi) is 11.1. The molecule has 2 aliphatic heterocycles. The molecule has 0 fully saturated rings. The van der Waals surface area contributed by atoms with Crippen molar-refractivity contribution in [1.29, 1.82) is 0 Å². The third-order valence-electron chi connectivity index (χ3n) is 9.74. The number of fused-ring (bicyclic) bond motifs is 2. The molecule has 55 heavy (non-hydrogen) atoms. The molecule has 0 radical (unpaired) electrons. The minimum Gasteiger partial charge on any atom is -0.497 e. The molecule has 0 bridgehead atoms. The molecule has 4 aromatic rings. The van der Waals surface area contributed by atoms with Gasteiger partial charge in [0.05, 0.1) is 55.3 Å². The topological polar surface area (TPSA) is 156 Å². The molecule has 2 heterocycles. The fourth-order valence-electron chi connectivity index (χ4n) is 7.31. The van der Waals surface area contributed by atoms with E-state index < -0.39 is 42.0 Å². The Morgan fingerprint density at radius 1 is 0.618 bits per heavy atom. The van der Waals surface area contributed by atoms with Gasteiger partial charge in [-0.2, -0.15) is 0 Å². The summed E-state index contributed by atoms with van der Waals surface area (Å²) in [5.74, 6) is 1.78. The van der Waals surface area contributed by atoms with Crippen LogP contribution >= 0.6 is 0 Å². The highest BCUT2D eigenvalue weighted by molar-refractivity contribution is 5.70. The molecule has 0 unspecified atom stereocenters. The number of ether oxygens (including phenoxy) is 11. The van der Waals surface area contributed by atoms with E-state index in [2.05, 4.69) is 0 Å². The fraction of sp³-hybridized carbons (Fsp3) is 0.366. The van der Waals surface area contributed by atoms with Crippen LogP contribution in [0.15, 0.2) is 60.7 Å². The molecule has 0 spiro atoms. The first-order valence-electron chi connectivity index (χ1n) is 17.3. The van der Waals surface area contributed by atoms with Crippen LogP contribution in [0.2, 0.25) is 0 Å². The molecular weight excluding hydrogens is 716 g/mol. The second kappa shape index (κ2) is 15.8. The average molecular weight is 761 g/mol. The maximum Gasteiger partial charge on any atom is 0.303 e. The molecule has 2 aliphatic rings. The van der Waals surface area contributed by atoms with Gasteiger partial charge in [0.1, 0.15) is 34.9 Å². The van der Waals surface area contributed by atoms with Gasteiger partial charge in [-0.3, -0.25) is 9.59 Å². The van der Waals surface area contributed by atoms with Crippen LogP contribution in [0.3, 0.4) is 0 Å². The Morgan fingerprint density at radius 2 is 1.18 bits per heavy atom. The van der Waals surface area contributed by atoms with Crippen molar-refractivity contribution in [1.82, 2.24) is 0 Å². The molecule has 0 saturated carbocycles. The summed E-state index contributed by atoms with van der Waals surface area (Å²) in [6.07, 6.45) is -4.32. The molecule has 6 rings (SSSR count). The van der Waals surface area contributed by atoms with E-state index in [4.69, 9.17) is 52.1 Å². The number of rotatable bonds is 12. The first-order valence-corrected chi connectivity index (χ1v) is 17.3. The summed E-state index contributed by atoms with van der Waals surface area (Å²) in [5.41, 5.74) is -0.413. The lowest BCUT2D eigenvalue weighted by Crippen LogP contribution is -2.52. The Balaban J connectivity index is 1.67. The summed E-state index contributed by atoms with van der Waals surface area (Å²) in [4.78, 5) is 25.6. The maximum absolute atomic E-state index is 13.7. The number of methoxy groups -OCH3 is 7. The van der Waals surface area contributed by atoms with Crippen LogP contribution in [0, 0.1) is 0 Å². The molecule has 14 nitrogen and oxygen atoms in total. The van der Waals surface area contributed by atoms with Crippen LogP contribution in [-0.4, -0.2) is 79.0 Å². The van der Waals surface area contributed by atoms with Crippen molar-refractivity contribution in [2.24, 2.45) is 0 Å². The van der Waals surface area contributed by atoms with Crippen molar-refractivity contribution in [3.8, 4) is 51.7 Å². The van der Waals surface area contributed by atoms with Crippen molar-refractivity contribution in [3.63, 3.8) is 0 Å². The lowest BCUT2D eigenvalue weighted by Gasteiger charge is -2.47. The minimum atomic E-state index is -2.25. The fourth-order valence-corrected chi connectivity index (χ4v) is 7.31. The van der Waals surface area contributed by atoms with Gasteiger partial charge in [-0.25, -0.2) is 0 Å². The third kappa shape index (κ3) is 6.93. The number of carbonyl (C=O) groups excluding carboxylic acids is 2. The van der Waals surface area contributed by atoms with E-state index >= 15 is 0 Å². The van der Waals surface area contributed by atoms with Gasteiger partial charge < -0.3 is 57.2 Å². The van der Waals surface area contributed by atoms with Crippen LogP contribution in [0.5, 0.6) is 51.7 Å². The van der Waals surface area contributed by atoms with Crippen LogP contribution in [0.25, 0.3) is 0 Å². The van der Waals surface area contributed by atoms with Crippen LogP contribution in [0.1, 0.15) is 53.9 Å². The number of carbonyl (C=O) groups is 2. The van der Waals surface area contributed by atoms with Gasteiger partial charge in [-0.1, -0.05) is 12.1 Å². The zero-order valence-electron chi connectivity index (χ0n) is 32.0. The molecule has 292 valence electrons. The normalized spacial score (nSPS) is 21.0. The quantitative estimate of drug-likeness (QED) is 0.177. The molecule has 14 heteroatoms. The van der Waals surface area contributed by atoms with Gasteiger partial charge in [-0.05, 0) is 36.4 Å². The number of hydrogen-bond donors (Lipinski definition) is 1. The van der Waals surface area contributed by atoms with E-state index in [0.29, 0.717) is 51.2 Å². The Morgan fingerprint density at radius 3 is 1.71 bits per heavy atom. The Hall–Kier alpha value is -6.02.